The molecule has 1 aliphatic rings. The number of para-hydroxylation sites is 2. The van der Waals surface area contributed by atoms with Crippen molar-refractivity contribution in [3.8, 4) is 5.75 Å². The number of hydrogen-bond acceptors (Lipinski definition) is 5. The van der Waals surface area contributed by atoms with E-state index in [0.29, 0.717) is 45.0 Å². The van der Waals surface area contributed by atoms with Crippen molar-refractivity contribution in [3.05, 3.63) is 64.4 Å². The number of amides is 1. The third kappa shape index (κ3) is 3.87. The molecular formula is C23H26N4O3. The molecular weight excluding hydrogens is 380 g/mol. The van der Waals surface area contributed by atoms with Gasteiger partial charge in [0.1, 0.15) is 5.75 Å². The number of methoxy groups -OCH3 is 1. The van der Waals surface area contributed by atoms with Crippen molar-refractivity contribution in [1.82, 2.24) is 14.5 Å². The predicted molar refractivity (Wildman–Crippen MR) is 117 cm³/mol. The highest BCUT2D eigenvalue weighted by molar-refractivity contribution is 5.79. The Labute approximate surface area is 175 Å². The summed E-state index contributed by atoms with van der Waals surface area (Å²) < 4.78 is 7.00. The largest absolute Gasteiger partial charge is 0.497 e. The highest BCUT2D eigenvalue weighted by atomic mass is 16.5. The summed E-state index contributed by atoms with van der Waals surface area (Å²) in [5, 5.41) is 0. The zero-order valence-electron chi connectivity index (χ0n) is 17.4. The topological polar surface area (TPSA) is 67.7 Å². The molecule has 156 valence electrons. The molecule has 1 amide bonds. The Morgan fingerprint density at radius 3 is 2.57 bits per heavy atom. The van der Waals surface area contributed by atoms with E-state index in [1.54, 1.807) is 11.7 Å². The molecule has 30 heavy (non-hydrogen) atoms. The number of hydrogen-bond donors (Lipinski definition) is 0. The summed E-state index contributed by atoms with van der Waals surface area (Å²) in [6.45, 7) is 4.88. The number of anilines is 1. The molecule has 0 atom stereocenters. The van der Waals surface area contributed by atoms with Gasteiger partial charge >= 0.3 is 0 Å². The lowest BCUT2D eigenvalue weighted by atomic mass is 10.1. The number of piperazine rings is 1. The van der Waals surface area contributed by atoms with Crippen LogP contribution < -0.4 is 15.2 Å². The zero-order chi connectivity index (χ0) is 21.1. The molecule has 3 aromatic rings. The molecule has 0 unspecified atom stereocenters. The van der Waals surface area contributed by atoms with Crippen molar-refractivity contribution in [2.75, 3.05) is 38.2 Å². The Morgan fingerprint density at radius 2 is 1.83 bits per heavy atom. The van der Waals surface area contributed by atoms with Crippen LogP contribution >= 0.6 is 0 Å². The van der Waals surface area contributed by atoms with E-state index in [0.717, 1.165) is 22.3 Å². The molecule has 7 heteroatoms. The number of rotatable bonds is 5. The number of ether oxygens (including phenoxy) is 1. The Hall–Kier alpha value is -3.35. The van der Waals surface area contributed by atoms with Crippen molar-refractivity contribution in [1.29, 1.82) is 0 Å². The van der Waals surface area contributed by atoms with Gasteiger partial charge in [0, 0.05) is 32.7 Å². The van der Waals surface area contributed by atoms with E-state index in [1.807, 2.05) is 65.3 Å². The molecule has 0 radical (unpaired) electrons. The smallest absolute Gasteiger partial charge is 0.293 e. The highest BCUT2D eigenvalue weighted by Crippen LogP contribution is 2.17. The van der Waals surface area contributed by atoms with Crippen molar-refractivity contribution in [3.63, 3.8) is 0 Å². The molecule has 1 aromatic heterocycles. The minimum Gasteiger partial charge on any atom is -0.497 e. The van der Waals surface area contributed by atoms with Crippen LogP contribution in [0.1, 0.15) is 12.5 Å². The third-order valence-electron chi connectivity index (χ3n) is 5.57. The van der Waals surface area contributed by atoms with Gasteiger partial charge in [0.2, 0.25) is 5.91 Å². The van der Waals surface area contributed by atoms with Gasteiger partial charge in [-0.25, -0.2) is 4.98 Å². The molecule has 0 N–H and O–H groups in total. The molecule has 0 aliphatic carbocycles. The Morgan fingerprint density at radius 1 is 1.07 bits per heavy atom. The van der Waals surface area contributed by atoms with Crippen LogP contribution in [0.4, 0.5) is 5.82 Å². The van der Waals surface area contributed by atoms with Gasteiger partial charge in [0.25, 0.3) is 5.56 Å². The minimum atomic E-state index is -0.0765. The highest BCUT2D eigenvalue weighted by Gasteiger charge is 2.24. The first-order valence-corrected chi connectivity index (χ1v) is 10.3. The number of fused-ring (bicyclic) bond motifs is 1. The zero-order valence-corrected chi connectivity index (χ0v) is 17.4. The van der Waals surface area contributed by atoms with Crippen LogP contribution in [0, 0.1) is 0 Å². The fourth-order valence-corrected chi connectivity index (χ4v) is 3.94. The number of aromatic nitrogens is 2. The van der Waals surface area contributed by atoms with E-state index >= 15 is 0 Å². The molecule has 1 aliphatic heterocycles. The summed E-state index contributed by atoms with van der Waals surface area (Å²) in [5.74, 6) is 1.30. The standard InChI is InChI=1S/C23H26N4O3/c1-3-27-20-10-5-4-9-19(20)24-22(23(27)29)26-13-11-25(12-14-26)21(28)16-17-7-6-8-18(15-17)30-2/h4-10,15H,3,11-14,16H2,1-2H3. The minimum absolute atomic E-state index is 0.0765. The molecule has 0 saturated carbocycles. The average molecular weight is 406 g/mol. The van der Waals surface area contributed by atoms with Crippen LogP contribution in [-0.4, -0.2) is 53.6 Å². The quantitative estimate of drug-likeness (QED) is 0.651. The Balaban J connectivity index is 1.47. The molecule has 1 fully saturated rings. The number of aryl methyl sites for hydroxylation is 1. The fraction of sp³-hybridized carbons (Fsp3) is 0.348. The van der Waals surface area contributed by atoms with Gasteiger partial charge in [0.15, 0.2) is 5.82 Å². The first-order valence-electron chi connectivity index (χ1n) is 10.3. The molecule has 2 aromatic carbocycles. The molecule has 7 nitrogen and oxygen atoms in total. The van der Waals surface area contributed by atoms with Gasteiger partial charge in [0.05, 0.1) is 24.6 Å². The Kier molecular flexibility index (Phi) is 5.70. The van der Waals surface area contributed by atoms with Crippen LogP contribution in [0.2, 0.25) is 0 Å². The molecule has 2 heterocycles. The van der Waals surface area contributed by atoms with Gasteiger partial charge in [-0.2, -0.15) is 0 Å². The summed E-state index contributed by atoms with van der Waals surface area (Å²) in [4.78, 5) is 34.2. The van der Waals surface area contributed by atoms with E-state index in [2.05, 4.69) is 4.98 Å². The lowest BCUT2D eigenvalue weighted by molar-refractivity contribution is -0.130. The predicted octanol–water partition coefficient (Wildman–Crippen LogP) is 2.32. The summed E-state index contributed by atoms with van der Waals surface area (Å²) in [5.41, 5.74) is 2.52. The fourth-order valence-electron chi connectivity index (χ4n) is 3.94. The van der Waals surface area contributed by atoms with E-state index < -0.39 is 0 Å². The first kappa shape index (κ1) is 19.9. The van der Waals surface area contributed by atoms with E-state index in [9.17, 15) is 9.59 Å². The third-order valence-corrected chi connectivity index (χ3v) is 5.57. The van der Waals surface area contributed by atoms with Gasteiger partial charge in [-0.1, -0.05) is 24.3 Å². The van der Waals surface area contributed by atoms with Gasteiger partial charge < -0.3 is 19.1 Å². The second-order valence-electron chi connectivity index (χ2n) is 7.37. The first-order chi connectivity index (χ1) is 14.6. The maximum absolute atomic E-state index is 13.0. The summed E-state index contributed by atoms with van der Waals surface area (Å²) in [6, 6.07) is 15.3. The molecule has 4 rings (SSSR count). The average Bonchev–Trinajstić information content (AvgIpc) is 2.79. The molecule has 0 bridgehead atoms. The number of carbonyl (C=O) groups is 1. The van der Waals surface area contributed by atoms with Crippen molar-refractivity contribution < 1.29 is 9.53 Å². The normalized spacial score (nSPS) is 14.2. The maximum Gasteiger partial charge on any atom is 0.293 e. The van der Waals surface area contributed by atoms with Crippen molar-refractivity contribution in [2.45, 2.75) is 19.9 Å². The van der Waals surface area contributed by atoms with Crippen molar-refractivity contribution >= 4 is 22.8 Å². The molecule has 0 spiro atoms. The lowest BCUT2D eigenvalue weighted by Gasteiger charge is -2.35. The van der Waals surface area contributed by atoms with Crippen LogP contribution in [0.25, 0.3) is 11.0 Å². The van der Waals surface area contributed by atoms with Gasteiger partial charge in [-0.3, -0.25) is 9.59 Å². The van der Waals surface area contributed by atoms with Gasteiger partial charge in [-0.05, 0) is 36.8 Å². The Bertz CT molecular complexity index is 1120. The van der Waals surface area contributed by atoms with Crippen LogP contribution in [0.3, 0.4) is 0 Å². The second-order valence-corrected chi connectivity index (χ2v) is 7.37. The van der Waals surface area contributed by atoms with Crippen LogP contribution in [0.5, 0.6) is 5.75 Å². The maximum atomic E-state index is 13.0. The number of nitrogens with zero attached hydrogens (tertiary/aromatic N) is 4. The van der Waals surface area contributed by atoms with E-state index in [4.69, 9.17) is 4.74 Å². The van der Waals surface area contributed by atoms with E-state index in [1.165, 1.54) is 0 Å². The number of carbonyl (C=O) groups excluding carboxylic acids is 1. The summed E-state index contributed by atoms with van der Waals surface area (Å²) in [7, 11) is 1.62. The number of benzene rings is 2. The lowest BCUT2D eigenvalue weighted by Crippen LogP contribution is -2.51. The second kappa shape index (κ2) is 8.57. The van der Waals surface area contributed by atoms with Crippen LogP contribution in [0.15, 0.2) is 53.3 Å². The van der Waals surface area contributed by atoms with Crippen LogP contribution in [-0.2, 0) is 17.8 Å². The summed E-state index contributed by atoms with van der Waals surface area (Å²) in [6.07, 6.45) is 0.341. The summed E-state index contributed by atoms with van der Waals surface area (Å²) >= 11 is 0. The molecule has 1 saturated heterocycles. The monoisotopic (exact) mass is 406 g/mol. The van der Waals surface area contributed by atoms with Crippen molar-refractivity contribution in [2.24, 2.45) is 0 Å². The SMILES string of the molecule is CCn1c(=O)c(N2CCN(C(=O)Cc3cccc(OC)c3)CC2)nc2ccccc21. The van der Waals surface area contributed by atoms with Gasteiger partial charge in [-0.15, -0.1) is 0 Å². The van der Waals surface area contributed by atoms with E-state index in [-0.39, 0.29) is 11.5 Å².